The molecule has 1 aliphatic rings. The summed E-state index contributed by atoms with van der Waals surface area (Å²) < 4.78 is 5.39. The zero-order valence-corrected chi connectivity index (χ0v) is 18.2. The molecular weight excluding hydrogens is 430 g/mol. The minimum atomic E-state index is -0.420. The highest BCUT2D eigenvalue weighted by Gasteiger charge is 2.21. The lowest BCUT2D eigenvalue weighted by atomic mass is 10.0. The van der Waals surface area contributed by atoms with Gasteiger partial charge in [-0.2, -0.15) is 0 Å². The molecule has 0 spiro atoms. The van der Waals surface area contributed by atoms with Gasteiger partial charge in [0.15, 0.2) is 5.78 Å². The van der Waals surface area contributed by atoms with Crippen LogP contribution >= 0.6 is 0 Å². The highest BCUT2D eigenvalue weighted by atomic mass is 16.5. The van der Waals surface area contributed by atoms with E-state index in [1.54, 1.807) is 54.6 Å². The molecule has 6 heteroatoms. The fourth-order valence-electron chi connectivity index (χ4n) is 3.42. The fourth-order valence-corrected chi connectivity index (χ4v) is 3.42. The second-order valence-electron chi connectivity index (χ2n) is 7.68. The Morgan fingerprint density at radius 3 is 2.21 bits per heavy atom. The first-order valence-electron chi connectivity index (χ1n) is 10.7. The predicted molar refractivity (Wildman–Crippen MR) is 128 cm³/mol. The van der Waals surface area contributed by atoms with E-state index in [-0.39, 0.29) is 18.2 Å². The number of carbonyl (C=O) groups is 4. The first kappa shape index (κ1) is 22.6. The van der Waals surface area contributed by atoms with Crippen molar-refractivity contribution in [3.63, 3.8) is 0 Å². The lowest BCUT2D eigenvalue weighted by Crippen LogP contribution is -2.21. The Bertz CT molecular complexity index is 1290. The highest BCUT2D eigenvalue weighted by molar-refractivity contribution is 6.33. The summed E-state index contributed by atoms with van der Waals surface area (Å²) in [4.78, 5) is 47.4. The van der Waals surface area contributed by atoms with Gasteiger partial charge in [-0.15, -0.1) is 0 Å². The van der Waals surface area contributed by atoms with Gasteiger partial charge in [0.2, 0.25) is 0 Å². The number of hydrogen-bond acceptors (Lipinski definition) is 5. The number of allylic oxidation sites excluding steroid dienone is 1. The number of benzene rings is 3. The Labute approximate surface area is 196 Å². The summed E-state index contributed by atoms with van der Waals surface area (Å²) in [7, 11) is 0. The van der Waals surface area contributed by atoms with Crippen molar-refractivity contribution in [1.82, 2.24) is 5.32 Å². The van der Waals surface area contributed by atoms with Crippen LogP contribution < -0.4 is 10.1 Å². The van der Waals surface area contributed by atoms with E-state index in [0.717, 1.165) is 11.1 Å². The predicted octanol–water partition coefficient (Wildman–Crippen LogP) is 4.16. The Kier molecular flexibility index (Phi) is 6.89. The summed E-state index contributed by atoms with van der Waals surface area (Å²) in [6, 6.07) is 23.1. The lowest BCUT2D eigenvalue weighted by Gasteiger charge is -2.06. The molecule has 0 bridgehead atoms. The molecule has 2 amide bonds. The molecule has 0 fully saturated rings. The third-order valence-electron chi connectivity index (χ3n) is 5.24. The number of ether oxygens (including phenoxy) is 1. The second-order valence-corrected chi connectivity index (χ2v) is 7.68. The number of hydrogen-bond donors (Lipinski definition) is 1. The van der Waals surface area contributed by atoms with E-state index < -0.39 is 11.8 Å². The number of rotatable bonds is 8. The maximum atomic E-state index is 12.2. The van der Waals surface area contributed by atoms with Crippen LogP contribution in [0.2, 0.25) is 0 Å². The Morgan fingerprint density at radius 2 is 1.56 bits per heavy atom. The summed E-state index contributed by atoms with van der Waals surface area (Å²) in [5, 5.41) is 2.21. The molecule has 0 aliphatic carbocycles. The van der Waals surface area contributed by atoms with Gasteiger partial charge in [-0.05, 0) is 41.3 Å². The minimum Gasteiger partial charge on any atom is -0.427 e. The number of esters is 1. The molecule has 34 heavy (non-hydrogen) atoms. The van der Waals surface area contributed by atoms with Gasteiger partial charge in [0.05, 0.1) is 5.57 Å². The highest BCUT2D eigenvalue weighted by Crippen LogP contribution is 2.20. The summed E-state index contributed by atoms with van der Waals surface area (Å²) >= 11 is 0. The number of imide groups is 1. The maximum absolute atomic E-state index is 12.2. The van der Waals surface area contributed by atoms with Crippen molar-refractivity contribution < 1.29 is 23.9 Å². The van der Waals surface area contributed by atoms with Crippen LogP contribution in [-0.2, 0) is 20.8 Å². The Balaban J connectivity index is 1.27. The van der Waals surface area contributed by atoms with E-state index in [1.807, 2.05) is 30.3 Å². The molecule has 6 nitrogen and oxygen atoms in total. The van der Waals surface area contributed by atoms with Crippen molar-refractivity contribution in [3.05, 3.63) is 113 Å². The summed E-state index contributed by atoms with van der Waals surface area (Å²) in [6.45, 7) is 0. The first-order chi connectivity index (χ1) is 16.5. The first-order valence-corrected chi connectivity index (χ1v) is 10.7. The molecular formula is C28H21NO5. The van der Waals surface area contributed by atoms with E-state index in [1.165, 1.54) is 12.2 Å². The van der Waals surface area contributed by atoms with Gasteiger partial charge in [-0.3, -0.25) is 24.5 Å². The normalized spacial score (nSPS) is 13.0. The quantitative estimate of drug-likeness (QED) is 0.183. The lowest BCUT2D eigenvalue weighted by molar-refractivity contribution is -0.134. The van der Waals surface area contributed by atoms with E-state index in [4.69, 9.17) is 4.74 Å². The molecule has 0 aromatic heterocycles. The van der Waals surface area contributed by atoms with E-state index in [0.29, 0.717) is 28.9 Å². The van der Waals surface area contributed by atoms with Crippen LogP contribution in [0.15, 0.2) is 91.0 Å². The smallest absolute Gasteiger partial charge is 0.311 e. The molecule has 0 saturated carbocycles. The van der Waals surface area contributed by atoms with Crippen molar-refractivity contribution in [2.45, 2.75) is 12.8 Å². The van der Waals surface area contributed by atoms with Gasteiger partial charge in [0.25, 0.3) is 11.8 Å². The van der Waals surface area contributed by atoms with Crippen molar-refractivity contribution in [2.24, 2.45) is 0 Å². The third kappa shape index (κ3) is 5.81. The summed E-state index contributed by atoms with van der Waals surface area (Å²) in [5.41, 5.74) is 3.33. The largest absolute Gasteiger partial charge is 0.427 e. The third-order valence-corrected chi connectivity index (χ3v) is 5.24. The molecule has 3 aromatic rings. The zero-order valence-electron chi connectivity index (χ0n) is 18.2. The van der Waals surface area contributed by atoms with Crippen LogP contribution in [0.3, 0.4) is 0 Å². The topological polar surface area (TPSA) is 89.5 Å². The van der Waals surface area contributed by atoms with Gasteiger partial charge < -0.3 is 4.74 Å². The van der Waals surface area contributed by atoms with E-state index in [9.17, 15) is 19.2 Å². The number of amides is 2. The molecule has 3 aromatic carbocycles. The molecule has 168 valence electrons. The van der Waals surface area contributed by atoms with Crippen molar-refractivity contribution >= 4 is 35.2 Å². The fraction of sp³-hybridized carbons (Fsp3) is 0.0714. The molecule has 1 heterocycles. The van der Waals surface area contributed by atoms with Crippen molar-refractivity contribution in [1.29, 1.82) is 0 Å². The molecule has 0 unspecified atom stereocenters. The van der Waals surface area contributed by atoms with Crippen LogP contribution in [0.4, 0.5) is 0 Å². The molecule has 0 atom stereocenters. The van der Waals surface area contributed by atoms with Crippen molar-refractivity contribution in [2.75, 3.05) is 0 Å². The van der Waals surface area contributed by atoms with Crippen LogP contribution in [0.5, 0.6) is 5.75 Å². The van der Waals surface area contributed by atoms with Gasteiger partial charge in [-0.25, -0.2) is 0 Å². The van der Waals surface area contributed by atoms with Gasteiger partial charge >= 0.3 is 5.97 Å². The van der Waals surface area contributed by atoms with Crippen molar-refractivity contribution in [3.8, 4) is 5.75 Å². The number of carbonyl (C=O) groups excluding carboxylic acids is 4. The average molecular weight is 451 g/mol. The SMILES string of the molecule is O=C1C=C(c2ccc(CCC(=O)Oc3ccc(C=CC(=O)c4ccccc4)cc3)cc2)C(=O)N1. The number of nitrogens with one attached hydrogen (secondary N) is 1. The molecule has 0 radical (unpaired) electrons. The maximum Gasteiger partial charge on any atom is 0.311 e. The molecule has 1 aliphatic heterocycles. The Morgan fingerprint density at radius 1 is 0.853 bits per heavy atom. The van der Waals surface area contributed by atoms with Gasteiger partial charge in [0.1, 0.15) is 5.75 Å². The van der Waals surface area contributed by atoms with E-state index >= 15 is 0 Å². The van der Waals surface area contributed by atoms with E-state index in [2.05, 4.69) is 5.32 Å². The molecule has 4 rings (SSSR count). The summed E-state index contributed by atoms with van der Waals surface area (Å²) in [5.74, 6) is -0.853. The monoisotopic (exact) mass is 451 g/mol. The van der Waals surface area contributed by atoms with Crippen LogP contribution in [0, 0.1) is 0 Å². The minimum absolute atomic E-state index is 0.0825. The molecule has 1 N–H and O–H groups in total. The van der Waals surface area contributed by atoms with Gasteiger partial charge in [0, 0.05) is 18.1 Å². The van der Waals surface area contributed by atoms with Gasteiger partial charge in [-0.1, -0.05) is 72.8 Å². The van der Waals surface area contributed by atoms with Crippen LogP contribution in [0.1, 0.15) is 33.5 Å². The number of aryl methyl sites for hydroxylation is 1. The number of ketones is 1. The standard InChI is InChI=1S/C28H21NO5/c30-25(22-4-2-1-3-5-22)16-10-20-8-14-23(15-9-20)34-27(32)17-11-19-6-12-21(13-7-19)24-18-26(31)29-28(24)33/h1-10,12-16,18H,11,17H2,(H,29,31,33). The molecule has 0 saturated heterocycles. The summed E-state index contributed by atoms with van der Waals surface area (Å²) in [6.07, 6.45) is 5.16. The second kappa shape index (κ2) is 10.4. The Hall–Kier alpha value is -4.58. The zero-order chi connectivity index (χ0) is 23.9. The van der Waals surface area contributed by atoms with Crippen LogP contribution in [0.25, 0.3) is 11.6 Å². The van der Waals surface area contributed by atoms with Crippen LogP contribution in [-0.4, -0.2) is 23.6 Å². The average Bonchev–Trinajstić information content (AvgIpc) is 3.20.